The molecule has 0 aromatic heterocycles. The van der Waals surface area contributed by atoms with E-state index in [0.29, 0.717) is 0 Å². The van der Waals surface area contributed by atoms with Gasteiger partial charge in [-0.05, 0) is 18.2 Å². The van der Waals surface area contributed by atoms with Crippen LogP contribution in [0.3, 0.4) is 0 Å². The summed E-state index contributed by atoms with van der Waals surface area (Å²) in [5.74, 6) is -1.86. The first-order chi connectivity index (χ1) is 6.88. The molecule has 2 bridgehead atoms. The van der Waals surface area contributed by atoms with Crippen LogP contribution in [0, 0.1) is 0 Å². The Hall–Kier alpha value is -1.73. The Balaban J connectivity index is 2.73. The zero-order valence-electron chi connectivity index (χ0n) is 7.13. The van der Waals surface area contributed by atoms with Crippen LogP contribution < -0.4 is 0 Å². The Morgan fingerprint density at radius 2 is 1.47 bits per heavy atom. The zero-order valence-corrected chi connectivity index (χ0v) is 7.95. The molecule has 2 rings (SSSR count). The standard InChI is InChI=1S/C8H4O6S/c9-7-4-1-5(8(10)14-7)3-6(2-4)15(11,12)13/h1-3H,(H,11,12,13). The highest BCUT2D eigenvalue weighted by Crippen LogP contribution is 2.20. The van der Waals surface area contributed by atoms with Crippen LogP contribution >= 0.6 is 0 Å². The summed E-state index contributed by atoms with van der Waals surface area (Å²) in [6, 6.07) is 3.07. The summed E-state index contributed by atoms with van der Waals surface area (Å²) in [6.07, 6.45) is 0. The molecule has 0 spiro atoms. The molecule has 6 nitrogen and oxygen atoms in total. The van der Waals surface area contributed by atoms with Crippen LogP contribution in [0.5, 0.6) is 0 Å². The van der Waals surface area contributed by atoms with Gasteiger partial charge in [-0.15, -0.1) is 0 Å². The molecule has 15 heavy (non-hydrogen) atoms. The van der Waals surface area contributed by atoms with Crippen LogP contribution in [-0.2, 0) is 14.9 Å². The van der Waals surface area contributed by atoms with Crippen LogP contribution in [0.4, 0.5) is 0 Å². The number of fused-ring (bicyclic) bond motifs is 2. The van der Waals surface area contributed by atoms with Gasteiger partial charge >= 0.3 is 11.9 Å². The number of esters is 2. The molecule has 0 amide bonds. The maximum Gasteiger partial charge on any atom is 0.346 e. The second-order valence-corrected chi connectivity index (χ2v) is 4.32. The summed E-state index contributed by atoms with van der Waals surface area (Å²) < 4.78 is 34.6. The van der Waals surface area contributed by atoms with Gasteiger partial charge in [-0.1, -0.05) is 0 Å². The molecule has 0 aliphatic carbocycles. The summed E-state index contributed by atoms with van der Waals surface area (Å²) in [7, 11) is -4.43. The first-order valence-corrected chi connectivity index (χ1v) is 5.21. The second kappa shape index (κ2) is 2.88. The van der Waals surface area contributed by atoms with E-state index in [9.17, 15) is 18.0 Å². The highest BCUT2D eigenvalue weighted by Gasteiger charge is 2.26. The molecule has 0 unspecified atom stereocenters. The monoisotopic (exact) mass is 228 g/mol. The van der Waals surface area contributed by atoms with Gasteiger partial charge < -0.3 is 4.74 Å². The molecule has 0 atom stereocenters. The Kier molecular flexibility index (Phi) is 1.88. The molecule has 1 N–H and O–H groups in total. The van der Waals surface area contributed by atoms with Crippen LogP contribution in [0.2, 0.25) is 0 Å². The molecule has 7 heteroatoms. The maximum absolute atomic E-state index is 11.0. The lowest BCUT2D eigenvalue weighted by Crippen LogP contribution is -2.20. The van der Waals surface area contributed by atoms with Gasteiger partial charge in [-0.25, -0.2) is 9.59 Å². The van der Waals surface area contributed by atoms with E-state index in [2.05, 4.69) is 4.74 Å². The van der Waals surface area contributed by atoms with Crippen molar-refractivity contribution in [2.24, 2.45) is 0 Å². The third-order valence-electron chi connectivity index (χ3n) is 1.86. The van der Waals surface area contributed by atoms with Crippen molar-refractivity contribution >= 4 is 22.1 Å². The number of hydrogen-bond acceptors (Lipinski definition) is 5. The summed E-state index contributed by atoms with van der Waals surface area (Å²) in [4.78, 5) is 21.6. The molecule has 1 aliphatic heterocycles. The normalized spacial score (nSPS) is 15.0. The van der Waals surface area contributed by atoms with Crippen molar-refractivity contribution in [1.29, 1.82) is 0 Å². The number of rotatable bonds is 1. The van der Waals surface area contributed by atoms with Crippen molar-refractivity contribution in [3.05, 3.63) is 29.3 Å². The van der Waals surface area contributed by atoms with Crippen LogP contribution in [0.15, 0.2) is 23.1 Å². The Morgan fingerprint density at radius 3 is 1.87 bits per heavy atom. The lowest BCUT2D eigenvalue weighted by atomic mass is 10.1. The Bertz CT molecular complexity index is 539. The molecule has 0 saturated carbocycles. The van der Waals surface area contributed by atoms with E-state index >= 15 is 0 Å². The number of ether oxygens (including phenoxy) is 1. The molecular formula is C8H4O6S. The lowest BCUT2D eigenvalue weighted by molar-refractivity contribution is 0.0384. The van der Waals surface area contributed by atoms with Crippen molar-refractivity contribution in [2.45, 2.75) is 4.90 Å². The van der Waals surface area contributed by atoms with Gasteiger partial charge in [0.15, 0.2) is 0 Å². The van der Waals surface area contributed by atoms with Gasteiger partial charge in [-0.2, -0.15) is 8.42 Å². The smallest absolute Gasteiger partial charge is 0.346 e. The zero-order chi connectivity index (χ0) is 11.2. The van der Waals surface area contributed by atoms with E-state index in [1.807, 2.05) is 0 Å². The number of carbonyl (C=O) groups excluding carboxylic acids is 2. The van der Waals surface area contributed by atoms with E-state index in [1.165, 1.54) is 6.07 Å². The summed E-state index contributed by atoms with van der Waals surface area (Å²) in [6.45, 7) is 0. The summed E-state index contributed by atoms with van der Waals surface area (Å²) in [5.41, 5.74) is -0.167. The van der Waals surface area contributed by atoms with Crippen molar-refractivity contribution in [1.82, 2.24) is 0 Å². The number of hydrogen-bond donors (Lipinski definition) is 1. The van der Waals surface area contributed by atoms with Crippen molar-refractivity contribution in [3.63, 3.8) is 0 Å². The fraction of sp³-hybridized carbons (Fsp3) is 0. The Morgan fingerprint density at radius 1 is 1.00 bits per heavy atom. The summed E-state index contributed by atoms with van der Waals surface area (Å²) in [5, 5.41) is 0. The number of carbonyl (C=O) groups is 2. The summed E-state index contributed by atoms with van der Waals surface area (Å²) >= 11 is 0. The van der Waals surface area contributed by atoms with E-state index in [0.717, 1.165) is 12.1 Å². The first-order valence-electron chi connectivity index (χ1n) is 3.77. The van der Waals surface area contributed by atoms with E-state index in [1.54, 1.807) is 0 Å². The van der Waals surface area contributed by atoms with Gasteiger partial charge in [0.05, 0.1) is 16.0 Å². The first kappa shape index (κ1) is 9.81. The third kappa shape index (κ3) is 1.62. The van der Waals surface area contributed by atoms with Crippen LogP contribution in [0.1, 0.15) is 20.7 Å². The Labute approximate surface area is 84.2 Å². The van der Waals surface area contributed by atoms with Gasteiger partial charge in [0.2, 0.25) is 0 Å². The third-order valence-corrected chi connectivity index (χ3v) is 2.69. The van der Waals surface area contributed by atoms with E-state index < -0.39 is 27.0 Å². The molecule has 1 aliphatic rings. The quantitative estimate of drug-likeness (QED) is 0.420. The molecular weight excluding hydrogens is 224 g/mol. The minimum absolute atomic E-state index is 0.0836. The van der Waals surface area contributed by atoms with Gasteiger partial charge in [0, 0.05) is 0 Å². The van der Waals surface area contributed by atoms with Gasteiger partial charge in [0.25, 0.3) is 10.1 Å². The maximum atomic E-state index is 11.0. The topological polar surface area (TPSA) is 97.7 Å². The molecule has 1 aromatic rings. The highest BCUT2D eigenvalue weighted by atomic mass is 32.2. The second-order valence-electron chi connectivity index (χ2n) is 2.90. The highest BCUT2D eigenvalue weighted by molar-refractivity contribution is 7.85. The van der Waals surface area contributed by atoms with Crippen LogP contribution in [-0.4, -0.2) is 24.9 Å². The molecule has 1 heterocycles. The molecule has 78 valence electrons. The van der Waals surface area contributed by atoms with Gasteiger partial charge in [-0.3, -0.25) is 4.55 Å². The minimum Gasteiger partial charge on any atom is -0.386 e. The number of benzene rings is 1. The van der Waals surface area contributed by atoms with Crippen molar-refractivity contribution < 1.29 is 27.3 Å². The fourth-order valence-electron chi connectivity index (χ4n) is 1.19. The predicted molar refractivity (Wildman–Crippen MR) is 46.0 cm³/mol. The molecule has 0 radical (unpaired) electrons. The number of cyclic esters (lactones) is 2. The average Bonchev–Trinajstić information content (AvgIpc) is 2.13. The molecule has 0 fully saturated rings. The minimum atomic E-state index is -4.43. The predicted octanol–water partition coefficient (Wildman–Crippen LogP) is 0.244. The van der Waals surface area contributed by atoms with Crippen molar-refractivity contribution in [2.75, 3.05) is 0 Å². The SMILES string of the molecule is O=C1OC(=O)c2cc1cc(S(=O)(=O)O)c2. The average molecular weight is 228 g/mol. The molecule has 1 aromatic carbocycles. The van der Waals surface area contributed by atoms with Gasteiger partial charge in [0.1, 0.15) is 0 Å². The van der Waals surface area contributed by atoms with Crippen molar-refractivity contribution in [3.8, 4) is 0 Å². The van der Waals surface area contributed by atoms with E-state index in [-0.39, 0.29) is 11.1 Å². The largest absolute Gasteiger partial charge is 0.386 e. The van der Waals surface area contributed by atoms with Crippen LogP contribution in [0.25, 0.3) is 0 Å². The van der Waals surface area contributed by atoms with E-state index in [4.69, 9.17) is 4.55 Å². The lowest BCUT2D eigenvalue weighted by Gasteiger charge is -2.11. The molecule has 0 saturated heterocycles. The fourth-order valence-corrected chi connectivity index (χ4v) is 1.74.